The Morgan fingerprint density at radius 1 is 0.730 bits per heavy atom. The summed E-state index contributed by atoms with van der Waals surface area (Å²) in [6.45, 7) is 4.27. The normalized spacial score (nSPS) is 14.2. The third-order valence-corrected chi connectivity index (χ3v) is 7.03. The summed E-state index contributed by atoms with van der Waals surface area (Å²) < 4.78 is 8.00. The molecule has 0 amide bonds. The Morgan fingerprint density at radius 2 is 1.62 bits per heavy atom. The van der Waals surface area contributed by atoms with Gasteiger partial charge in [-0.1, -0.05) is 36.8 Å². The molecule has 6 heteroatoms. The molecule has 0 unspecified atom stereocenters. The van der Waals surface area contributed by atoms with Crippen molar-refractivity contribution in [2.45, 2.75) is 25.7 Å². The Balaban J connectivity index is 1.13. The molecule has 1 aliphatic rings. The molecule has 0 atom stereocenters. The van der Waals surface area contributed by atoms with Crippen LogP contribution in [0.2, 0.25) is 0 Å². The molecule has 4 aromatic heterocycles. The molecule has 0 aliphatic carbocycles. The zero-order valence-corrected chi connectivity index (χ0v) is 21.0. The van der Waals surface area contributed by atoms with Crippen LogP contribution >= 0.6 is 0 Å². The number of imidazole rings is 1. The molecule has 5 aromatic rings. The van der Waals surface area contributed by atoms with E-state index in [1.54, 1.807) is 0 Å². The van der Waals surface area contributed by atoms with E-state index in [0.29, 0.717) is 12.5 Å². The smallest absolute Gasteiger partial charge is 0.213 e. The standard InChI is InChI=1S/C31H31N5O/c1-3-8-24(9-4-1)28-20-26(12-14-32-28)29-23-33-30-21-25(13-18-36(29)30)27-10-11-31(34-22-27)37-19-7-17-35-15-5-2-6-16-35/h1,3-4,8-14,18,20-23H,2,5-7,15-17,19H2. The van der Waals surface area contributed by atoms with Gasteiger partial charge in [0.1, 0.15) is 5.65 Å². The van der Waals surface area contributed by atoms with Gasteiger partial charge in [-0.2, -0.15) is 0 Å². The number of rotatable bonds is 8. The molecule has 0 bridgehead atoms. The Bertz CT molecular complexity index is 1460. The Kier molecular flexibility index (Phi) is 6.90. The minimum atomic E-state index is 0.679. The number of fused-ring (bicyclic) bond motifs is 1. The van der Waals surface area contributed by atoms with Gasteiger partial charge < -0.3 is 9.64 Å². The van der Waals surface area contributed by atoms with Gasteiger partial charge in [0, 0.05) is 47.9 Å². The molecule has 6 nitrogen and oxygen atoms in total. The highest BCUT2D eigenvalue weighted by Gasteiger charge is 2.11. The van der Waals surface area contributed by atoms with Crippen LogP contribution in [-0.2, 0) is 0 Å². The number of nitrogens with zero attached hydrogens (tertiary/aromatic N) is 5. The van der Waals surface area contributed by atoms with Crippen LogP contribution in [0.3, 0.4) is 0 Å². The fraction of sp³-hybridized carbons (Fsp3) is 0.258. The van der Waals surface area contributed by atoms with Crippen molar-refractivity contribution >= 4 is 5.65 Å². The number of aromatic nitrogens is 4. The third kappa shape index (κ3) is 5.39. The maximum absolute atomic E-state index is 5.89. The second-order valence-electron chi connectivity index (χ2n) is 9.57. The van der Waals surface area contributed by atoms with Crippen LogP contribution in [0, 0.1) is 0 Å². The molecule has 186 valence electrons. The summed E-state index contributed by atoms with van der Waals surface area (Å²) >= 11 is 0. The van der Waals surface area contributed by atoms with Gasteiger partial charge >= 0.3 is 0 Å². The Hall–Kier alpha value is -4.03. The van der Waals surface area contributed by atoms with Crippen LogP contribution in [0.5, 0.6) is 5.88 Å². The van der Waals surface area contributed by atoms with Crippen LogP contribution < -0.4 is 4.74 Å². The number of piperidine rings is 1. The number of ether oxygens (including phenoxy) is 1. The number of hydrogen-bond donors (Lipinski definition) is 0. The van der Waals surface area contributed by atoms with Crippen molar-refractivity contribution in [3.05, 3.63) is 91.5 Å². The summed E-state index contributed by atoms with van der Waals surface area (Å²) in [7, 11) is 0. The molecule has 0 spiro atoms. The lowest BCUT2D eigenvalue weighted by molar-refractivity contribution is 0.203. The molecule has 37 heavy (non-hydrogen) atoms. The highest BCUT2D eigenvalue weighted by Crippen LogP contribution is 2.28. The van der Waals surface area contributed by atoms with E-state index >= 15 is 0 Å². The van der Waals surface area contributed by atoms with Crippen LogP contribution in [-0.4, -0.2) is 50.5 Å². The summed E-state index contributed by atoms with van der Waals surface area (Å²) in [5.74, 6) is 0.679. The van der Waals surface area contributed by atoms with Crippen molar-refractivity contribution in [3.63, 3.8) is 0 Å². The predicted molar refractivity (Wildman–Crippen MR) is 147 cm³/mol. The first-order valence-electron chi connectivity index (χ1n) is 13.1. The predicted octanol–water partition coefficient (Wildman–Crippen LogP) is 6.38. The maximum atomic E-state index is 5.89. The van der Waals surface area contributed by atoms with Crippen molar-refractivity contribution < 1.29 is 4.74 Å². The highest BCUT2D eigenvalue weighted by atomic mass is 16.5. The summed E-state index contributed by atoms with van der Waals surface area (Å²) in [6, 6.07) is 22.6. The lowest BCUT2D eigenvalue weighted by Crippen LogP contribution is -2.31. The first-order valence-corrected chi connectivity index (χ1v) is 13.1. The van der Waals surface area contributed by atoms with E-state index in [0.717, 1.165) is 52.3 Å². The molecular formula is C31H31N5O. The van der Waals surface area contributed by atoms with Crippen LogP contribution in [0.4, 0.5) is 0 Å². The minimum Gasteiger partial charge on any atom is -0.478 e. The summed E-state index contributed by atoms with van der Waals surface area (Å²) in [6.07, 6.45) is 12.8. The summed E-state index contributed by atoms with van der Waals surface area (Å²) in [5, 5.41) is 0. The average molecular weight is 490 g/mol. The van der Waals surface area contributed by atoms with Gasteiger partial charge in [-0.05, 0) is 68.2 Å². The van der Waals surface area contributed by atoms with E-state index in [-0.39, 0.29) is 0 Å². The van der Waals surface area contributed by atoms with E-state index in [4.69, 9.17) is 4.74 Å². The fourth-order valence-electron chi connectivity index (χ4n) is 5.01. The molecule has 1 aliphatic heterocycles. The molecule has 1 saturated heterocycles. The minimum absolute atomic E-state index is 0.679. The molecule has 1 fully saturated rings. The van der Waals surface area contributed by atoms with E-state index < -0.39 is 0 Å². The number of likely N-dealkylation sites (tertiary alicyclic amines) is 1. The van der Waals surface area contributed by atoms with Crippen LogP contribution in [0.25, 0.3) is 39.3 Å². The molecule has 5 heterocycles. The molecule has 0 N–H and O–H groups in total. The Labute approximate surface area is 217 Å². The fourth-order valence-corrected chi connectivity index (χ4v) is 5.01. The van der Waals surface area contributed by atoms with Crippen LogP contribution in [0.1, 0.15) is 25.7 Å². The SMILES string of the molecule is c1ccc(-c2cc(-c3cnc4cc(-c5ccc(OCCCN6CCCCC6)nc5)ccn34)ccn2)cc1. The van der Waals surface area contributed by atoms with Crippen molar-refractivity contribution in [2.75, 3.05) is 26.2 Å². The first-order chi connectivity index (χ1) is 18.3. The van der Waals surface area contributed by atoms with Gasteiger partial charge in [-0.25, -0.2) is 9.97 Å². The Morgan fingerprint density at radius 3 is 2.46 bits per heavy atom. The monoisotopic (exact) mass is 489 g/mol. The molecule has 0 saturated carbocycles. The number of hydrogen-bond acceptors (Lipinski definition) is 5. The van der Waals surface area contributed by atoms with E-state index in [9.17, 15) is 0 Å². The zero-order valence-electron chi connectivity index (χ0n) is 21.0. The van der Waals surface area contributed by atoms with Crippen molar-refractivity contribution in [3.8, 4) is 39.5 Å². The largest absolute Gasteiger partial charge is 0.478 e. The summed E-state index contributed by atoms with van der Waals surface area (Å²) in [4.78, 5) is 16.3. The first kappa shape index (κ1) is 23.4. The van der Waals surface area contributed by atoms with Gasteiger partial charge in [0.25, 0.3) is 0 Å². The quantitative estimate of drug-likeness (QED) is 0.237. The number of benzene rings is 1. The van der Waals surface area contributed by atoms with Crippen molar-refractivity contribution in [1.82, 2.24) is 24.3 Å². The van der Waals surface area contributed by atoms with E-state index in [1.165, 1.54) is 32.4 Å². The van der Waals surface area contributed by atoms with Crippen molar-refractivity contribution in [2.24, 2.45) is 0 Å². The lowest BCUT2D eigenvalue weighted by atomic mass is 10.1. The van der Waals surface area contributed by atoms with Gasteiger partial charge in [-0.15, -0.1) is 0 Å². The van der Waals surface area contributed by atoms with Gasteiger partial charge in [0.15, 0.2) is 0 Å². The average Bonchev–Trinajstić information content (AvgIpc) is 3.40. The molecule has 6 rings (SSSR count). The molecule has 1 aromatic carbocycles. The maximum Gasteiger partial charge on any atom is 0.213 e. The topological polar surface area (TPSA) is 55.5 Å². The van der Waals surface area contributed by atoms with Crippen molar-refractivity contribution in [1.29, 1.82) is 0 Å². The van der Waals surface area contributed by atoms with Gasteiger partial charge in [0.05, 0.1) is 24.2 Å². The van der Waals surface area contributed by atoms with E-state index in [1.807, 2.05) is 48.9 Å². The van der Waals surface area contributed by atoms with Gasteiger partial charge in [-0.3, -0.25) is 9.38 Å². The van der Waals surface area contributed by atoms with Gasteiger partial charge in [0.2, 0.25) is 5.88 Å². The lowest BCUT2D eigenvalue weighted by Gasteiger charge is -2.26. The van der Waals surface area contributed by atoms with E-state index in [2.05, 4.69) is 66.8 Å². The molecule has 0 radical (unpaired) electrons. The highest BCUT2D eigenvalue weighted by molar-refractivity contribution is 5.73. The zero-order chi connectivity index (χ0) is 24.9. The van der Waals surface area contributed by atoms with Crippen LogP contribution in [0.15, 0.2) is 91.5 Å². The second-order valence-corrected chi connectivity index (χ2v) is 9.57. The molecular weight excluding hydrogens is 458 g/mol. The second kappa shape index (κ2) is 10.9. The summed E-state index contributed by atoms with van der Waals surface area (Å²) in [5.41, 5.74) is 7.18. The third-order valence-electron chi connectivity index (χ3n) is 7.03. The number of pyridine rings is 3.